The molecule has 0 bridgehead atoms. The Morgan fingerprint density at radius 2 is 2.12 bits per heavy atom. The van der Waals surface area contributed by atoms with Gasteiger partial charge in [0.1, 0.15) is 28.0 Å². The first-order chi connectivity index (χ1) is 12.8. The lowest BCUT2D eigenvalue weighted by atomic mass is 10.0. The Hall–Kier alpha value is -2.12. The van der Waals surface area contributed by atoms with E-state index in [2.05, 4.69) is 17.1 Å². The summed E-state index contributed by atoms with van der Waals surface area (Å²) in [6, 6.07) is 3.98. The first-order valence-electron chi connectivity index (χ1n) is 8.83. The molecule has 4 rings (SSSR count). The van der Waals surface area contributed by atoms with Crippen LogP contribution < -0.4 is 0 Å². The fraction of sp³-hybridized carbons (Fsp3) is 0.368. The van der Waals surface area contributed by atoms with Gasteiger partial charge in [0.25, 0.3) is 0 Å². The highest BCUT2D eigenvalue weighted by atomic mass is 32.1. The van der Waals surface area contributed by atoms with Gasteiger partial charge in [-0.3, -0.25) is 4.98 Å². The molecule has 7 heteroatoms. The van der Waals surface area contributed by atoms with Crippen LogP contribution in [0.1, 0.15) is 42.5 Å². The molecule has 0 N–H and O–H groups in total. The third-order valence-electron chi connectivity index (χ3n) is 4.16. The molecule has 1 aliphatic carbocycles. The second-order valence-electron chi connectivity index (χ2n) is 6.19. The van der Waals surface area contributed by atoms with Crippen LogP contribution in [0, 0.1) is 6.92 Å². The van der Waals surface area contributed by atoms with Crippen LogP contribution in [0.3, 0.4) is 0 Å². The molecular formula is C19H20N4OS2. The second kappa shape index (κ2) is 7.63. The predicted octanol–water partition coefficient (Wildman–Crippen LogP) is 5.10. The van der Waals surface area contributed by atoms with Crippen molar-refractivity contribution in [2.24, 2.45) is 5.16 Å². The average Bonchev–Trinajstić information content (AvgIpc) is 3.26. The van der Waals surface area contributed by atoms with Gasteiger partial charge in [-0.15, -0.1) is 22.7 Å². The summed E-state index contributed by atoms with van der Waals surface area (Å²) < 4.78 is 0. The number of nitrogens with zero attached hydrogens (tertiary/aromatic N) is 4. The van der Waals surface area contributed by atoms with E-state index in [-0.39, 0.29) is 0 Å². The van der Waals surface area contributed by atoms with Crippen LogP contribution in [0.5, 0.6) is 0 Å². The molecule has 0 fully saturated rings. The number of fused-ring (bicyclic) bond motifs is 1. The zero-order chi connectivity index (χ0) is 17.9. The smallest absolute Gasteiger partial charge is 0.136 e. The standard InChI is InChI=1S/C19H20N4OS2/c1-3-10-24-23-14-7-4-8-15-16(14)22-19(25-15)17-12(2)21-18(26-17)13-6-5-9-20-11-13/h5-6,9,11H,3-4,7-8,10H2,1-2H3. The molecule has 0 atom stereocenters. The maximum atomic E-state index is 5.42. The van der Waals surface area contributed by atoms with E-state index in [4.69, 9.17) is 14.8 Å². The summed E-state index contributed by atoms with van der Waals surface area (Å²) in [4.78, 5) is 21.7. The number of hydrogen-bond donors (Lipinski definition) is 0. The summed E-state index contributed by atoms with van der Waals surface area (Å²) in [7, 11) is 0. The maximum Gasteiger partial charge on any atom is 0.136 e. The molecule has 0 amide bonds. The van der Waals surface area contributed by atoms with Crippen LogP contribution in [0.2, 0.25) is 0 Å². The molecule has 134 valence electrons. The Labute approximate surface area is 160 Å². The van der Waals surface area contributed by atoms with Crippen molar-refractivity contribution in [2.75, 3.05) is 6.61 Å². The second-order valence-corrected chi connectivity index (χ2v) is 8.27. The van der Waals surface area contributed by atoms with E-state index < -0.39 is 0 Å². The van der Waals surface area contributed by atoms with Crippen molar-refractivity contribution in [3.63, 3.8) is 0 Å². The Bertz CT molecular complexity index is 930. The number of oxime groups is 1. The van der Waals surface area contributed by atoms with Crippen LogP contribution in [-0.2, 0) is 11.3 Å². The molecule has 1 aliphatic rings. The van der Waals surface area contributed by atoms with Gasteiger partial charge in [0.2, 0.25) is 0 Å². The summed E-state index contributed by atoms with van der Waals surface area (Å²) in [5, 5.41) is 6.35. The third kappa shape index (κ3) is 3.41. The van der Waals surface area contributed by atoms with Crippen molar-refractivity contribution in [1.29, 1.82) is 0 Å². The van der Waals surface area contributed by atoms with Crippen LogP contribution in [0.15, 0.2) is 29.7 Å². The van der Waals surface area contributed by atoms with E-state index in [1.807, 2.05) is 25.3 Å². The summed E-state index contributed by atoms with van der Waals surface area (Å²) in [6.45, 7) is 4.78. The summed E-state index contributed by atoms with van der Waals surface area (Å²) >= 11 is 3.44. The van der Waals surface area contributed by atoms with Gasteiger partial charge in [0.05, 0.1) is 10.6 Å². The highest BCUT2D eigenvalue weighted by Gasteiger charge is 2.24. The van der Waals surface area contributed by atoms with E-state index in [1.165, 1.54) is 4.88 Å². The number of aromatic nitrogens is 3. The summed E-state index contributed by atoms with van der Waals surface area (Å²) in [5.41, 5.74) is 4.06. The molecular weight excluding hydrogens is 364 g/mol. The highest BCUT2D eigenvalue weighted by Crippen LogP contribution is 2.39. The van der Waals surface area contributed by atoms with Crippen molar-refractivity contribution in [2.45, 2.75) is 39.5 Å². The molecule has 0 radical (unpaired) electrons. The fourth-order valence-corrected chi connectivity index (χ4v) is 5.20. The molecule has 3 heterocycles. The van der Waals surface area contributed by atoms with Crippen LogP contribution in [0.4, 0.5) is 0 Å². The lowest BCUT2D eigenvalue weighted by molar-refractivity contribution is 0.144. The van der Waals surface area contributed by atoms with Gasteiger partial charge < -0.3 is 4.84 Å². The lowest BCUT2D eigenvalue weighted by Gasteiger charge is -2.11. The van der Waals surface area contributed by atoms with Crippen LogP contribution in [-0.4, -0.2) is 27.3 Å². The van der Waals surface area contributed by atoms with Gasteiger partial charge in [0.15, 0.2) is 0 Å². The van der Waals surface area contributed by atoms with E-state index >= 15 is 0 Å². The van der Waals surface area contributed by atoms with Crippen molar-refractivity contribution >= 4 is 28.4 Å². The van der Waals surface area contributed by atoms with Crippen LogP contribution in [0.25, 0.3) is 20.5 Å². The Balaban J connectivity index is 1.68. The van der Waals surface area contributed by atoms with Gasteiger partial charge in [-0.2, -0.15) is 0 Å². The number of aryl methyl sites for hydroxylation is 2. The van der Waals surface area contributed by atoms with E-state index in [9.17, 15) is 0 Å². The van der Waals surface area contributed by atoms with Gasteiger partial charge >= 0.3 is 0 Å². The lowest BCUT2D eigenvalue weighted by Crippen LogP contribution is -2.11. The van der Waals surface area contributed by atoms with E-state index in [1.54, 1.807) is 28.9 Å². The summed E-state index contributed by atoms with van der Waals surface area (Å²) in [6.07, 6.45) is 7.69. The molecule has 5 nitrogen and oxygen atoms in total. The first-order valence-corrected chi connectivity index (χ1v) is 10.5. The molecule has 0 unspecified atom stereocenters. The molecule has 0 aromatic carbocycles. The quantitative estimate of drug-likeness (QED) is 0.453. The van der Waals surface area contributed by atoms with Crippen molar-refractivity contribution in [3.05, 3.63) is 40.8 Å². The predicted molar refractivity (Wildman–Crippen MR) is 107 cm³/mol. The first kappa shape index (κ1) is 17.3. The molecule has 3 aromatic heterocycles. The average molecular weight is 385 g/mol. The molecule has 0 saturated heterocycles. The van der Waals surface area contributed by atoms with Crippen molar-refractivity contribution in [1.82, 2.24) is 15.0 Å². The Morgan fingerprint density at radius 3 is 2.92 bits per heavy atom. The highest BCUT2D eigenvalue weighted by molar-refractivity contribution is 7.23. The van der Waals surface area contributed by atoms with Gasteiger partial charge in [-0.05, 0) is 44.7 Å². The van der Waals surface area contributed by atoms with Crippen LogP contribution >= 0.6 is 22.7 Å². The Kier molecular flexibility index (Phi) is 5.08. The minimum atomic E-state index is 0.651. The zero-order valence-electron chi connectivity index (χ0n) is 14.9. The maximum absolute atomic E-state index is 5.42. The van der Waals surface area contributed by atoms with Gasteiger partial charge in [-0.1, -0.05) is 12.1 Å². The zero-order valence-corrected chi connectivity index (χ0v) is 16.5. The number of pyridine rings is 1. The molecule has 0 aliphatic heterocycles. The topological polar surface area (TPSA) is 60.3 Å². The van der Waals surface area contributed by atoms with Crippen molar-refractivity contribution in [3.8, 4) is 20.5 Å². The molecule has 26 heavy (non-hydrogen) atoms. The van der Waals surface area contributed by atoms with Crippen molar-refractivity contribution < 1.29 is 4.84 Å². The number of hydrogen-bond acceptors (Lipinski definition) is 7. The van der Waals surface area contributed by atoms with Gasteiger partial charge in [-0.25, -0.2) is 9.97 Å². The Morgan fingerprint density at radius 1 is 1.19 bits per heavy atom. The minimum absolute atomic E-state index is 0.651. The number of rotatable bonds is 5. The van der Waals surface area contributed by atoms with E-state index in [0.717, 1.165) is 63.2 Å². The fourth-order valence-electron chi connectivity index (χ4n) is 2.89. The number of thiazole rings is 2. The third-order valence-corrected chi connectivity index (χ3v) is 6.63. The largest absolute Gasteiger partial charge is 0.396 e. The molecule has 0 saturated carbocycles. The monoisotopic (exact) mass is 384 g/mol. The normalized spacial score (nSPS) is 15.2. The van der Waals surface area contributed by atoms with E-state index in [0.29, 0.717) is 6.61 Å². The molecule has 3 aromatic rings. The SMILES string of the molecule is CCCON=C1CCCc2sc(-c3sc(-c4cccnc4)nc3C)nc21. The van der Waals surface area contributed by atoms with Gasteiger partial charge in [0, 0.05) is 22.8 Å². The minimum Gasteiger partial charge on any atom is -0.396 e. The molecule has 0 spiro atoms. The summed E-state index contributed by atoms with van der Waals surface area (Å²) in [5.74, 6) is 0.